The normalized spacial score (nSPS) is 13.7. The molecule has 9 nitrogen and oxygen atoms in total. The van der Waals surface area contributed by atoms with Crippen molar-refractivity contribution in [3.63, 3.8) is 0 Å². The van der Waals surface area contributed by atoms with Gasteiger partial charge in [-0.15, -0.1) is 0 Å². The van der Waals surface area contributed by atoms with E-state index in [1.54, 1.807) is 0 Å². The lowest BCUT2D eigenvalue weighted by Gasteiger charge is -2.24. The minimum Gasteiger partial charge on any atom is -0.462 e. The van der Waals surface area contributed by atoms with Crippen molar-refractivity contribution in [2.45, 2.75) is 180 Å². The number of hydrogen-bond acceptors (Lipinski definition) is 7. The third-order valence-electron chi connectivity index (χ3n) is 8.45. The summed E-state index contributed by atoms with van der Waals surface area (Å²) < 4.78 is 33.1. The molecule has 280 valence electrons. The van der Waals surface area contributed by atoms with Crippen molar-refractivity contribution in [3.05, 3.63) is 0 Å². The SMILES string of the molecule is CCCCCCCCCCCCCCCCCCCCCCCCCCC(=O)OC(COC(C)=O)COP(=O)(O)OCC[N+](C)(C)C. The molecule has 0 amide bonds. The van der Waals surface area contributed by atoms with Crippen LogP contribution in [-0.4, -0.2) is 74.9 Å². The van der Waals surface area contributed by atoms with Gasteiger partial charge in [-0.25, -0.2) is 4.57 Å². The van der Waals surface area contributed by atoms with Crippen LogP contribution >= 0.6 is 7.82 Å². The predicted octanol–water partition coefficient (Wildman–Crippen LogP) is 10.1. The van der Waals surface area contributed by atoms with E-state index in [-0.39, 0.29) is 19.6 Å². The molecule has 0 aromatic heterocycles. The number of quaternary nitrogens is 1. The molecule has 0 rings (SSSR count). The third-order valence-corrected chi connectivity index (χ3v) is 9.43. The summed E-state index contributed by atoms with van der Waals surface area (Å²) in [5, 5.41) is 0. The number of hydrogen-bond donors (Lipinski definition) is 1. The monoisotopic (exact) mass is 693 g/mol. The highest BCUT2D eigenvalue weighted by atomic mass is 31.2. The number of nitrogens with zero attached hydrogens (tertiary/aromatic N) is 1. The van der Waals surface area contributed by atoms with Gasteiger partial charge in [-0.2, -0.15) is 0 Å². The number of phosphoric acid groups is 1. The number of esters is 2. The molecule has 0 fully saturated rings. The van der Waals surface area contributed by atoms with E-state index in [1.807, 2.05) is 21.1 Å². The number of likely N-dealkylation sites (N-methyl/N-ethyl adjacent to an activating group) is 1. The fourth-order valence-electron chi connectivity index (χ4n) is 5.45. The molecule has 0 aliphatic carbocycles. The van der Waals surface area contributed by atoms with Gasteiger partial charge < -0.3 is 18.9 Å². The second-order valence-corrected chi connectivity index (χ2v) is 15.9. The smallest absolute Gasteiger partial charge is 0.462 e. The van der Waals surface area contributed by atoms with Crippen LogP contribution in [0.3, 0.4) is 0 Å². The topological polar surface area (TPSA) is 108 Å². The van der Waals surface area contributed by atoms with Crippen molar-refractivity contribution in [3.8, 4) is 0 Å². The summed E-state index contributed by atoms with van der Waals surface area (Å²) in [6, 6.07) is 0. The summed E-state index contributed by atoms with van der Waals surface area (Å²) in [4.78, 5) is 33.5. The Bertz CT molecular complexity index is 789. The van der Waals surface area contributed by atoms with E-state index in [4.69, 9.17) is 18.5 Å². The van der Waals surface area contributed by atoms with E-state index in [2.05, 4.69) is 6.92 Å². The summed E-state index contributed by atoms with van der Waals surface area (Å²) in [5.74, 6) is -0.981. The first-order valence-corrected chi connectivity index (χ1v) is 20.7. The van der Waals surface area contributed by atoms with Gasteiger partial charge in [0.05, 0.1) is 27.7 Å². The Morgan fingerprint density at radius 2 is 1.00 bits per heavy atom. The molecule has 0 bridgehead atoms. The Balaban J connectivity index is 3.70. The molecule has 2 unspecified atom stereocenters. The van der Waals surface area contributed by atoms with Crippen LogP contribution in [0, 0.1) is 0 Å². The molecule has 0 saturated heterocycles. The maximum absolute atomic E-state index is 12.3. The zero-order chi connectivity index (χ0) is 35.1. The molecule has 0 aromatic rings. The first kappa shape index (κ1) is 46.0. The maximum Gasteiger partial charge on any atom is 0.472 e. The molecule has 2 atom stereocenters. The minimum atomic E-state index is -4.33. The molecule has 0 radical (unpaired) electrons. The highest BCUT2D eigenvalue weighted by Crippen LogP contribution is 2.43. The van der Waals surface area contributed by atoms with Gasteiger partial charge in [0.1, 0.15) is 19.8 Å². The molecule has 0 saturated carbocycles. The van der Waals surface area contributed by atoms with Gasteiger partial charge in [0.2, 0.25) is 0 Å². The van der Waals surface area contributed by atoms with Crippen molar-refractivity contribution >= 4 is 19.8 Å². The average molecular weight is 693 g/mol. The van der Waals surface area contributed by atoms with Gasteiger partial charge in [0.25, 0.3) is 0 Å². The van der Waals surface area contributed by atoms with E-state index in [9.17, 15) is 19.0 Å². The molecular weight excluding hydrogens is 617 g/mol. The summed E-state index contributed by atoms with van der Waals surface area (Å²) >= 11 is 0. The summed E-state index contributed by atoms with van der Waals surface area (Å²) in [6.45, 7) is 3.41. The molecule has 0 aromatic carbocycles. The highest BCUT2D eigenvalue weighted by molar-refractivity contribution is 7.47. The van der Waals surface area contributed by atoms with Gasteiger partial charge >= 0.3 is 19.8 Å². The zero-order valence-electron chi connectivity index (χ0n) is 31.3. The van der Waals surface area contributed by atoms with Gasteiger partial charge in [-0.1, -0.05) is 155 Å². The fraction of sp³-hybridized carbons (Fsp3) is 0.946. The first-order chi connectivity index (χ1) is 22.4. The lowest BCUT2D eigenvalue weighted by molar-refractivity contribution is -0.870. The van der Waals surface area contributed by atoms with E-state index >= 15 is 0 Å². The van der Waals surface area contributed by atoms with Gasteiger partial charge in [0.15, 0.2) is 6.10 Å². The number of phosphoric ester groups is 1. The number of carbonyl (C=O) groups is 2. The average Bonchev–Trinajstić information content (AvgIpc) is 2.99. The number of ether oxygens (including phenoxy) is 2. The minimum absolute atomic E-state index is 0.0330. The van der Waals surface area contributed by atoms with Crippen molar-refractivity contribution in [2.24, 2.45) is 0 Å². The highest BCUT2D eigenvalue weighted by Gasteiger charge is 2.26. The van der Waals surface area contributed by atoms with Crippen LogP contribution in [0.4, 0.5) is 0 Å². The van der Waals surface area contributed by atoms with Gasteiger partial charge in [-0.05, 0) is 6.42 Å². The number of rotatable bonds is 35. The Morgan fingerprint density at radius 1 is 0.617 bits per heavy atom. The molecule has 0 heterocycles. The zero-order valence-corrected chi connectivity index (χ0v) is 32.2. The number of unbranched alkanes of at least 4 members (excludes halogenated alkanes) is 23. The Hall–Kier alpha value is -0.990. The lowest BCUT2D eigenvalue weighted by Crippen LogP contribution is -2.37. The Kier molecular flexibility index (Phi) is 30.4. The van der Waals surface area contributed by atoms with Crippen LogP contribution in [-0.2, 0) is 32.7 Å². The molecule has 10 heteroatoms. The van der Waals surface area contributed by atoms with E-state index in [0.29, 0.717) is 17.4 Å². The molecule has 0 aliphatic rings. The molecule has 0 aliphatic heterocycles. The third kappa shape index (κ3) is 36.1. The van der Waals surface area contributed by atoms with Crippen LogP contribution < -0.4 is 0 Å². The summed E-state index contributed by atoms with van der Waals surface area (Å²) in [7, 11) is 1.48. The first-order valence-electron chi connectivity index (χ1n) is 19.2. The van der Waals surface area contributed by atoms with Gasteiger partial charge in [0, 0.05) is 13.3 Å². The fourth-order valence-corrected chi connectivity index (χ4v) is 6.19. The predicted molar refractivity (Wildman–Crippen MR) is 192 cm³/mol. The van der Waals surface area contributed by atoms with E-state index < -0.39 is 32.5 Å². The van der Waals surface area contributed by atoms with E-state index in [1.165, 1.54) is 142 Å². The largest absolute Gasteiger partial charge is 0.472 e. The Labute approximate surface area is 289 Å². The lowest BCUT2D eigenvalue weighted by atomic mass is 10.0. The summed E-state index contributed by atoms with van der Waals surface area (Å²) in [5.41, 5.74) is 0. The van der Waals surface area contributed by atoms with Crippen molar-refractivity contribution in [2.75, 3.05) is 47.5 Å². The quantitative estimate of drug-likeness (QED) is 0.0303. The molecule has 1 N–H and O–H groups in total. The van der Waals surface area contributed by atoms with Crippen molar-refractivity contribution < 1.29 is 42.1 Å². The van der Waals surface area contributed by atoms with Crippen LogP contribution in [0.2, 0.25) is 0 Å². The maximum atomic E-state index is 12.3. The Morgan fingerprint density at radius 3 is 1.36 bits per heavy atom. The van der Waals surface area contributed by atoms with Gasteiger partial charge in [-0.3, -0.25) is 18.6 Å². The van der Waals surface area contributed by atoms with Crippen LogP contribution in [0.15, 0.2) is 0 Å². The molecule has 47 heavy (non-hydrogen) atoms. The number of carbonyl (C=O) groups excluding carboxylic acids is 2. The van der Waals surface area contributed by atoms with Crippen molar-refractivity contribution in [1.29, 1.82) is 0 Å². The summed E-state index contributed by atoms with van der Waals surface area (Å²) in [6.07, 6.45) is 31.0. The second kappa shape index (κ2) is 31.0. The van der Waals surface area contributed by atoms with E-state index in [0.717, 1.165) is 12.8 Å². The van der Waals surface area contributed by atoms with Crippen LogP contribution in [0.25, 0.3) is 0 Å². The standard InChI is InChI=1S/C37H74NO8P/c1-6-7-8-9-10-11-12-13-14-15-16-17-18-19-20-21-22-23-24-25-26-27-28-29-30-37(40)46-36(33-43-35(2)39)34-45-47(41,42)44-32-31-38(3,4)5/h36H,6-34H2,1-5H3/p+1. The van der Waals surface area contributed by atoms with Crippen LogP contribution in [0.5, 0.6) is 0 Å². The molecule has 0 spiro atoms. The van der Waals surface area contributed by atoms with Crippen LogP contribution in [0.1, 0.15) is 174 Å². The molecular formula is C37H75NO8P+. The second-order valence-electron chi connectivity index (χ2n) is 14.4. The van der Waals surface area contributed by atoms with Crippen molar-refractivity contribution in [1.82, 2.24) is 0 Å².